The highest BCUT2D eigenvalue weighted by Crippen LogP contribution is 2.18. The molecule has 2 rings (SSSR count). The predicted molar refractivity (Wildman–Crippen MR) is 74.3 cm³/mol. The number of benzene rings is 1. The van der Waals surface area contributed by atoms with Gasteiger partial charge in [0.2, 0.25) is 0 Å². The van der Waals surface area contributed by atoms with Crippen LogP contribution in [0, 0.1) is 5.92 Å². The molecule has 2 heteroatoms. The summed E-state index contributed by atoms with van der Waals surface area (Å²) in [5, 5.41) is 1.37. The monoisotopic (exact) mass is 230 g/mol. The van der Waals surface area contributed by atoms with E-state index >= 15 is 0 Å². The van der Waals surface area contributed by atoms with Crippen molar-refractivity contribution in [2.45, 2.75) is 20.3 Å². The van der Waals surface area contributed by atoms with Crippen molar-refractivity contribution >= 4 is 10.9 Å². The van der Waals surface area contributed by atoms with Gasteiger partial charge in [-0.25, -0.2) is 0 Å². The maximum absolute atomic E-state index is 3.33. The Morgan fingerprint density at radius 2 is 2.00 bits per heavy atom. The number of hydrogen-bond acceptors (Lipinski definition) is 1. The molecule has 0 spiro atoms. The number of aromatic nitrogens is 1. The number of H-pyrrole nitrogens is 1. The van der Waals surface area contributed by atoms with Crippen LogP contribution in [-0.4, -0.2) is 30.0 Å². The standard InChI is InChI=1S/C15H22N2/c1-12(2)11-17(3)9-8-13-10-16-15-7-5-4-6-14(13)15/h4-7,10,12,16H,8-9,11H2,1-3H3. The van der Waals surface area contributed by atoms with E-state index in [0.717, 1.165) is 18.9 Å². The van der Waals surface area contributed by atoms with Gasteiger partial charge in [0.15, 0.2) is 0 Å². The van der Waals surface area contributed by atoms with Gasteiger partial charge in [0, 0.05) is 30.2 Å². The molecule has 0 bridgehead atoms. The van der Waals surface area contributed by atoms with Crippen molar-refractivity contribution in [3.05, 3.63) is 36.0 Å². The van der Waals surface area contributed by atoms with Crippen LogP contribution in [0.5, 0.6) is 0 Å². The maximum Gasteiger partial charge on any atom is 0.0456 e. The summed E-state index contributed by atoms with van der Waals surface area (Å²) in [4.78, 5) is 5.74. The van der Waals surface area contributed by atoms with Crippen LogP contribution < -0.4 is 0 Å². The van der Waals surface area contributed by atoms with Gasteiger partial charge in [0.05, 0.1) is 0 Å². The minimum absolute atomic E-state index is 0.739. The highest BCUT2D eigenvalue weighted by atomic mass is 15.1. The van der Waals surface area contributed by atoms with Gasteiger partial charge >= 0.3 is 0 Å². The lowest BCUT2D eigenvalue weighted by Gasteiger charge is -2.18. The largest absolute Gasteiger partial charge is 0.361 e. The molecule has 0 aliphatic rings. The Balaban J connectivity index is 1.99. The van der Waals surface area contributed by atoms with E-state index in [1.165, 1.54) is 23.0 Å². The van der Waals surface area contributed by atoms with E-state index in [0.29, 0.717) is 0 Å². The fourth-order valence-electron chi connectivity index (χ4n) is 2.36. The second-order valence-electron chi connectivity index (χ2n) is 5.27. The van der Waals surface area contributed by atoms with Crippen LogP contribution in [0.15, 0.2) is 30.5 Å². The van der Waals surface area contributed by atoms with Gasteiger partial charge in [-0.1, -0.05) is 32.0 Å². The molecule has 2 aromatic rings. The smallest absolute Gasteiger partial charge is 0.0456 e. The van der Waals surface area contributed by atoms with E-state index in [-0.39, 0.29) is 0 Å². The first-order valence-electron chi connectivity index (χ1n) is 6.40. The minimum atomic E-state index is 0.739. The lowest BCUT2D eigenvalue weighted by molar-refractivity contribution is 0.299. The first-order valence-corrected chi connectivity index (χ1v) is 6.40. The second kappa shape index (κ2) is 5.37. The number of aromatic amines is 1. The topological polar surface area (TPSA) is 19.0 Å². The Morgan fingerprint density at radius 1 is 1.24 bits per heavy atom. The molecule has 0 fully saturated rings. The second-order valence-corrected chi connectivity index (χ2v) is 5.27. The average molecular weight is 230 g/mol. The van der Waals surface area contributed by atoms with E-state index in [9.17, 15) is 0 Å². The van der Waals surface area contributed by atoms with Crippen LogP contribution in [0.1, 0.15) is 19.4 Å². The highest BCUT2D eigenvalue weighted by molar-refractivity contribution is 5.83. The number of hydrogen-bond donors (Lipinski definition) is 1. The average Bonchev–Trinajstić information content (AvgIpc) is 2.69. The highest BCUT2D eigenvalue weighted by Gasteiger charge is 2.05. The molecule has 1 aromatic carbocycles. The van der Waals surface area contributed by atoms with Crippen LogP contribution >= 0.6 is 0 Å². The fraction of sp³-hybridized carbons (Fsp3) is 0.467. The number of rotatable bonds is 5. The lowest BCUT2D eigenvalue weighted by Crippen LogP contribution is -2.25. The Labute approximate surface area is 104 Å². The van der Waals surface area contributed by atoms with Crippen molar-refractivity contribution in [3.63, 3.8) is 0 Å². The van der Waals surface area contributed by atoms with Crippen molar-refractivity contribution in [2.24, 2.45) is 5.92 Å². The summed E-state index contributed by atoms with van der Waals surface area (Å²) in [5.74, 6) is 0.739. The van der Waals surface area contributed by atoms with E-state index in [4.69, 9.17) is 0 Å². The molecule has 1 N–H and O–H groups in total. The normalized spacial score (nSPS) is 11.8. The van der Waals surface area contributed by atoms with Crippen molar-refractivity contribution in [3.8, 4) is 0 Å². The molecule has 2 nitrogen and oxygen atoms in total. The molecular formula is C15H22N2. The van der Waals surface area contributed by atoms with Crippen molar-refractivity contribution in [1.29, 1.82) is 0 Å². The third kappa shape index (κ3) is 3.10. The van der Waals surface area contributed by atoms with Crippen LogP contribution in [0.2, 0.25) is 0 Å². The molecule has 0 aliphatic heterocycles. The Morgan fingerprint density at radius 3 is 2.76 bits per heavy atom. The quantitative estimate of drug-likeness (QED) is 0.835. The van der Waals surface area contributed by atoms with Gasteiger partial charge in [-0.05, 0) is 31.0 Å². The summed E-state index contributed by atoms with van der Waals surface area (Å²) in [6.45, 7) is 6.83. The fourth-order valence-corrected chi connectivity index (χ4v) is 2.36. The van der Waals surface area contributed by atoms with Crippen LogP contribution in [0.3, 0.4) is 0 Å². The first kappa shape index (κ1) is 12.2. The number of nitrogens with one attached hydrogen (secondary N) is 1. The molecule has 0 amide bonds. The SMILES string of the molecule is CC(C)CN(C)CCc1c[nH]c2ccccc12. The summed E-state index contributed by atoms with van der Waals surface area (Å²) in [6.07, 6.45) is 3.26. The maximum atomic E-state index is 3.33. The molecular weight excluding hydrogens is 208 g/mol. The van der Waals surface area contributed by atoms with Crippen LogP contribution in [0.4, 0.5) is 0 Å². The minimum Gasteiger partial charge on any atom is -0.361 e. The summed E-state index contributed by atoms with van der Waals surface area (Å²) < 4.78 is 0. The van der Waals surface area contributed by atoms with Crippen LogP contribution in [0.25, 0.3) is 10.9 Å². The summed E-state index contributed by atoms with van der Waals surface area (Å²) in [6, 6.07) is 8.52. The first-order chi connectivity index (χ1) is 8.16. The van der Waals surface area contributed by atoms with E-state index in [1.807, 2.05) is 0 Å². The van der Waals surface area contributed by atoms with Crippen molar-refractivity contribution in [1.82, 2.24) is 9.88 Å². The van der Waals surface area contributed by atoms with E-state index in [2.05, 4.69) is 61.2 Å². The molecule has 0 saturated heterocycles. The van der Waals surface area contributed by atoms with Gasteiger partial charge in [-0.3, -0.25) is 0 Å². The third-order valence-corrected chi connectivity index (χ3v) is 3.11. The predicted octanol–water partition coefficient (Wildman–Crippen LogP) is 3.30. The molecule has 1 aromatic heterocycles. The van der Waals surface area contributed by atoms with E-state index < -0.39 is 0 Å². The molecule has 0 saturated carbocycles. The van der Waals surface area contributed by atoms with Gasteiger partial charge in [0.25, 0.3) is 0 Å². The van der Waals surface area contributed by atoms with Gasteiger partial charge in [-0.2, -0.15) is 0 Å². The number of para-hydroxylation sites is 1. The molecule has 0 unspecified atom stereocenters. The molecule has 0 atom stereocenters. The Kier molecular flexibility index (Phi) is 3.85. The summed E-state index contributed by atoms with van der Waals surface area (Å²) >= 11 is 0. The van der Waals surface area contributed by atoms with Crippen LogP contribution in [-0.2, 0) is 6.42 Å². The molecule has 0 radical (unpaired) electrons. The van der Waals surface area contributed by atoms with Gasteiger partial charge in [-0.15, -0.1) is 0 Å². The Hall–Kier alpha value is -1.28. The molecule has 92 valence electrons. The zero-order chi connectivity index (χ0) is 12.3. The summed E-state index contributed by atoms with van der Waals surface area (Å²) in [7, 11) is 2.20. The lowest BCUT2D eigenvalue weighted by atomic mass is 10.1. The summed E-state index contributed by atoms with van der Waals surface area (Å²) in [5.41, 5.74) is 2.67. The zero-order valence-corrected chi connectivity index (χ0v) is 11.0. The third-order valence-electron chi connectivity index (χ3n) is 3.11. The molecule has 1 heterocycles. The van der Waals surface area contributed by atoms with Gasteiger partial charge in [0.1, 0.15) is 0 Å². The van der Waals surface area contributed by atoms with E-state index in [1.54, 1.807) is 0 Å². The number of nitrogens with zero attached hydrogens (tertiary/aromatic N) is 1. The van der Waals surface area contributed by atoms with Crippen molar-refractivity contribution < 1.29 is 0 Å². The van der Waals surface area contributed by atoms with Gasteiger partial charge < -0.3 is 9.88 Å². The zero-order valence-electron chi connectivity index (χ0n) is 11.0. The number of fused-ring (bicyclic) bond motifs is 1. The molecule has 17 heavy (non-hydrogen) atoms. The Bertz CT molecular complexity index is 470. The van der Waals surface area contributed by atoms with Crippen molar-refractivity contribution in [2.75, 3.05) is 20.1 Å². The molecule has 0 aliphatic carbocycles. The number of likely N-dealkylation sites (N-methyl/N-ethyl adjacent to an activating group) is 1.